The number of benzene rings is 2. The minimum atomic E-state index is -1.72. The summed E-state index contributed by atoms with van der Waals surface area (Å²) in [6.45, 7) is 3.07. The van der Waals surface area contributed by atoms with Crippen molar-refractivity contribution in [3.63, 3.8) is 0 Å². The highest BCUT2D eigenvalue weighted by molar-refractivity contribution is 5.86. The van der Waals surface area contributed by atoms with Crippen molar-refractivity contribution in [3.8, 4) is 34.3 Å². The Morgan fingerprint density at radius 2 is 1.71 bits per heavy atom. The van der Waals surface area contributed by atoms with Gasteiger partial charge in [0.15, 0.2) is 16.9 Å². The lowest BCUT2D eigenvalue weighted by Crippen LogP contribution is -2.60. The number of hydrogen-bond acceptors (Lipinski definition) is 12. The van der Waals surface area contributed by atoms with Crippen LogP contribution >= 0.6 is 0 Å². The second kappa shape index (κ2) is 10.9. The van der Waals surface area contributed by atoms with E-state index in [0.29, 0.717) is 6.42 Å². The van der Waals surface area contributed by atoms with E-state index in [1.165, 1.54) is 24.3 Å². The van der Waals surface area contributed by atoms with Gasteiger partial charge in [-0.15, -0.1) is 0 Å². The standard InChI is InChI=1S/C26H28O12/c1-3-11(2)25(34)35-10-20-22(31)23(32)24(33)26(38-20)36-13-7-16(29)21-17(30)9-18(37-19(21)8-13)12-4-5-14(27)15(28)6-12/h4-9,11,20,22-24,26-29,31-33H,3,10H2,1-2H3/t11?,20-,22-,23+,24-,26-/m1/s1. The maximum absolute atomic E-state index is 12.7. The van der Waals surface area contributed by atoms with E-state index in [9.17, 15) is 40.2 Å². The third-order valence-electron chi connectivity index (χ3n) is 6.37. The molecule has 0 bridgehead atoms. The average molecular weight is 532 g/mol. The number of fused-ring (bicyclic) bond motifs is 1. The van der Waals surface area contributed by atoms with Gasteiger partial charge in [-0.3, -0.25) is 9.59 Å². The van der Waals surface area contributed by atoms with Crippen molar-refractivity contribution < 1.29 is 54.1 Å². The summed E-state index contributed by atoms with van der Waals surface area (Å²) < 4.78 is 22.1. The number of esters is 1. The van der Waals surface area contributed by atoms with Gasteiger partial charge in [0.2, 0.25) is 6.29 Å². The van der Waals surface area contributed by atoms with Crippen LogP contribution in [0.15, 0.2) is 45.6 Å². The zero-order valence-corrected chi connectivity index (χ0v) is 20.5. The molecule has 0 amide bonds. The minimum absolute atomic E-state index is 0.0185. The lowest BCUT2D eigenvalue weighted by atomic mass is 9.99. The fourth-order valence-electron chi connectivity index (χ4n) is 3.89. The summed E-state index contributed by atoms with van der Waals surface area (Å²) in [6.07, 6.45) is -7.25. The van der Waals surface area contributed by atoms with E-state index in [1.54, 1.807) is 13.8 Å². The minimum Gasteiger partial charge on any atom is -0.507 e. The summed E-state index contributed by atoms with van der Waals surface area (Å²) in [7, 11) is 0. The molecule has 38 heavy (non-hydrogen) atoms. The van der Waals surface area contributed by atoms with Gasteiger partial charge in [-0.2, -0.15) is 0 Å². The van der Waals surface area contributed by atoms with Crippen LogP contribution in [0.2, 0.25) is 0 Å². The zero-order valence-electron chi connectivity index (χ0n) is 20.5. The van der Waals surface area contributed by atoms with Crippen LogP contribution in [0.3, 0.4) is 0 Å². The van der Waals surface area contributed by atoms with E-state index in [2.05, 4.69) is 0 Å². The topological polar surface area (TPSA) is 196 Å². The van der Waals surface area contributed by atoms with Crippen molar-refractivity contribution in [2.45, 2.75) is 51.0 Å². The highest BCUT2D eigenvalue weighted by atomic mass is 16.7. The van der Waals surface area contributed by atoms with Crippen molar-refractivity contribution >= 4 is 16.9 Å². The summed E-state index contributed by atoms with van der Waals surface area (Å²) in [5.74, 6) is -2.30. The Balaban J connectivity index is 1.61. The molecular weight excluding hydrogens is 504 g/mol. The third-order valence-corrected chi connectivity index (χ3v) is 6.37. The van der Waals surface area contributed by atoms with Crippen LogP contribution in [0.1, 0.15) is 20.3 Å². The molecule has 12 heteroatoms. The van der Waals surface area contributed by atoms with Crippen LogP contribution in [-0.2, 0) is 14.3 Å². The number of carbonyl (C=O) groups is 1. The van der Waals surface area contributed by atoms with Gasteiger partial charge < -0.3 is 49.3 Å². The Kier molecular flexibility index (Phi) is 7.78. The van der Waals surface area contributed by atoms with Gasteiger partial charge in [0.1, 0.15) is 59.3 Å². The van der Waals surface area contributed by atoms with Crippen LogP contribution in [0.5, 0.6) is 23.0 Å². The normalized spacial score (nSPS) is 24.2. The SMILES string of the molecule is CCC(C)C(=O)OC[C@H]1O[C@@H](Oc2cc(O)c3c(=O)cc(-c4ccc(O)c(O)c4)oc3c2)[C@H](O)[C@@H](O)[C@@H]1O. The van der Waals surface area contributed by atoms with E-state index in [1.807, 2.05) is 0 Å². The molecule has 2 aromatic carbocycles. The van der Waals surface area contributed by atoms with E-state index >= 15 is 0 Å². The number of phenolic OH excluding ortho intramolecular Hbond substituents is 3. The molecule has 6 atom stereocenters. The van der Waals surface area contributed by atoms with Gasteiger partial charge in [-0.05, 0) is 24.6 Å². The molecule has 0 saturated carbocycles. The largest absolute Gasteiger partial charge is 0.507 e. The second-order valence-corrected chi connectivity index (χ2v) is 9.07. The van der Waals surface area contributed by atoms with Gasteiger partial charge in [0.25, 0.3) is 0 Å². The van der Waals surface area contributed by atoms with Crippen molar-refractivity contribution in [3.05, 3.63) is 46.6 Å². The van der Waals surface area contributed by atoms with Gasteiger partial charge in [-0.1, -0.05) is 13.8 Å². The monoisotopic (exact) mass is 532 g/mol. The van der Waals surface area contributed by atoms with Crippen molar-refractivity contribution in [1.29, 1.82) is 0 Å². The second-order valence-electron chi connectivity index (χ2n) is 9.07. The lowest BCUT2D eigenvalue weighted by Gasteiger charge is -2.40. The number of aliphatic hydroxyl groups excluding tert-OH is 3. The number of rotatable bonds is 7. The van der Waals surface area contributed by atoms with E-state index in [-0.39, 0.29) is 39.7 Å². The van der Waals surface area contributed by atoms with Gasteiger partial charge in [0, 0.05) is 23.8 Å². The molecule has 1 aliphatic rings. The molecule has 1 aromatic heterocycles. The lowest BCUT2D eigenvalue weighted by molar-refractivity contribution is -0.278. The molecule has 0 spiro atoms. The first-order valence-corrected chi connectivity index (χ1v) is 11.9. The number of hydrogen-bond donors (Lipinski definition) is 6. The van der Waals surface area contributed by atoms with Gasteiger partial charge in [0.05, 0.1) is 5.92 Å². The molecular formula is C26H28O12. The Bertz CT molecular complexity index is 1380. The number of aliphatic hydroxyl groups is 3. The first-order valence-electron chi connectivity index (χ1n) is 11.9. The molecule has 12 nitrogen and oxygen atoms in total. The fraction of sp³-hybridized carbons (Fsp3) is 0.385. The van der Waals surface area contributed by atoms with E-state index in [4.69, 9.17) is 18.6 Å². The number of phenols is 3. The number of ether oxygens (including phenoxy) is 3. The summed E-state index contributed by atoms with van der Waals surface area (Å²) in [4.78, 5) is 24.7. The highest BCUT2D eigenvalue weighted by Crippen LogP contribution is 2.35. The van der Waals surface area contributed by atoms with Crippen LogP contribution in [-0.4, -0.2) is 73.9 Å². The summed E-state index contributed by atoms with van der Waals surface area (Å²) in [5.41, 5.74) is -0.448. The molecule has 0 radical (unpaired) electrons. The smallest absolute Gasteiger partial charge is 0.308 e. The molecule has 6 N–H and O–H groups in total. The molecule has 1 fully saturated rings. The Morgan fingerprint density at radius 1 is 0.974 bits per heavy atom. The number of aromatic hydroxyl groups is 3. The van der Waals surface area contributed by atoms with Crippen molar-refractivity contribution in [2.24, 2.45) is 5.92 Å². The van der Waals surface area contributed by atoms with Crippen LogP contribution in [0.25, 0.3) is 22.3 Å². The first-order chi connectivity index (χ1) is 18.0. The molecule has 204 valence electrons. The maximum atomic E-state index is 12.7. The van der Waals surface area contributed by atoms with E-state index in [0.717, 1.165) is 12.1 Å². The third kappa shape index (κ3) is 5.38. The summed E-state index contributed by atoms with van der Waals surface area (Å²) in [5, 5.41) is 60.6. The Labute approximate surface area is 215 Å². The van der Waals surface area contributed by atoms with Gasteiger partial charge >= 0.3 is 5.97 Å². The first kappa shape index (κ1) is 27.2. The molecule has 3 aromatic rings. The zero-order chi connectivity index (χ0) is 27.7. The molecule has 1 saturated heterocycles. The quantitative estimate of drug-likeness (QED) is 0.189. The fourth-order valence-corrected chi connectivity index (χ4v) is 3.89. The van der Waals surface area contributed by atoms with E-state index < -0.39 is 60.2 Å². The molecule has 0 aliphatic carbocycles. The molecule has 1 aliphatic heterocycles. The molecule has 4 rings (SSSR count). The van der Waals surface area contributed by atoms with Crippen LogP contribution in [0.4, 0.5) is 0 Å². The predicted molar refractivity (Wildman–Crippen MR) is 131 cm³/mol. The predicted octanol–water partition coefficient (Wildman–Crippen LogP) is 1.35. The van der Waals surface area contributed by atoms with Crippen molar-refractivity contribution in [1.82, 2.24) is 0 Å². The maximum Gasteiger partial charge on any atom is 0.308 e. The molecule has 2 heterocycles. The van der Waals surface area contributed by atoms with Crippen LogP contribution < -0.4 is 10.2 Å². The van der Waals surface area contributed by atoms with Crippen molar-refractivity contribution in [2.75, 3.05) is 6.61 Å². The van der Waals surface area contributed by atoms with Gasteiger partial charge in [-0.25, -0.2) is 0 Å². The Hall–Kier alpha value is -3.84. The average Bonchev–Trinajstić information content (AvgIpc) is 2.88. The highest BCUT2D eigenvalue weighted by Gasteiger charge is 2.45. The number of carbonyl (C=O) groups excluding carboxylic acids is 1. The Morgan fingerprint density at radius 3 is 2.39 bits per heavy atom. The summed E-state index contributed by atoms with van der Waals surface area (Å²) in [6, 6.07) is 7.23. The van der Waals surface area contributed by atoms with Crippen LogP contribution in [0, 0.1) is 5.92 Å². The summed E-state index contributed by atoms with van der Waals surface area (Å²) >= 11 is 0. The molecule has 1 unspecified atom stereocenters.